The van der Waals surface area contributed by atoms with Crippen molar-refractivity contribution >= 4 is 22.5 Å². The zero-order valence-electron chi connectivity index (χ0n) is 13.8. The van der Waals surface area contributed by atoms with E-state index in [4.69, 9.17) is 5.73 Å². The molecule has 2 N–H and O–H groups in total. The number of nitrogens with zero attached hydrogens (tertiary/aromatic N) is 1. The van der Waals surface area contributed by atoms with Crippen molar-refractivity contribution in [3.8, 4) is 0 Å². The Labute approximate surface area is 152 Å². The zero-order chi connectivity index (χ0) is 19.6. The summed E-state index contributed by atoms with van der Waals surface area (Å²) in [6.45, 7) is 0. The van der Waals surface area contributed by atoms with Crippen LogP contribution in [0.2, 0.25) is 0 Å². The van der Waals surface area contributed by atoms with Gasteiger partial charge in [-0.3, -0.25) is 9.78 Å². The van der Waals surface area contributed by atoms with Gasteiger partial charge in [0, 0.05) is 5.39 Å². The third-order valence-corrected chi connectivity index (χ3v) is 3.95. The third kappa shape index (κ3) is 4.59. The highest BCUT2D eigenvalue weighted by Crippen LogP contribution is 2.29. The molecule has 1 heterocycles. The highest BCUT2D eigenvalue weighted by atomic mass is 19.4. The standard InChI is InChI=1S/C19H14F4N3O/c20-14-5-6-17-12(8-14)9-15(10-25-17)26-18(27)16(24)7-11-1-3-13(4-2-11)19(21,22)23/h1-6,8-10,16,24H,7H2,(H,26,27)/q-1/t16-/m1/s1. The Bertz CT molecular complexity index is 971. The number of anilines is 1. The second-order valence-corrected chi connectivity index (χ2v) is 6.00. The summed E-state index contributed by atoms with van der Waals surface area (Å²) in [6, 6.07) is 8.71. The lowest BCUT2D eigenvalue weighted by atomic mass is 10.0. The summed E-state index contributed by atoms with van der Waals surface area (Å²) in [6.07, 6.45) is -3.08. The van der Waals surface area contributed by atoms with Crippen LogP contribution in [0.1, 0.15) is 11.1 Å². The van der Waals surface area contributed by atoms with Gasteiger partial charge in [-0.25, -0.2) is 4.39 Å². The Balaban J connectivity index is 1.67. The molecule has 0 aliphatic carbocycles. The first-order valence-electron chi connectivity index (χ1n) is 7.96. The van der Waals surface area contributed by atoms with Crippen molar-refractivity contribution in [2.45, 2.75) is 18.6 Å². The van der Waals surface area contributed by atoms with Crippen molar-refractivity contribution in [1.29, 1.82) is 0 Å². The quantitative estimate of drug-likeness (QED) is 0.652. The highest BCUT2D eigenvalue weighted by Gasteiger charge is 2.29. The molecule has 0 saturated carbocycles. The first-order valence-corrected chi connectivity index (χ1v) is 7.96. The molecule has 0 unspecified atom stereocenters. The average molecular weight is 376 g/mol. The third-order valence-electron chi connectivity index (χ3n) is 3.95. The summed E-state index contributed by atoms with van der Waals surface area (Å²) in [4.78, 5) is 16.3. The van der Waals surface area contributed by atoms with E-state index in [1.165, 1.54) is 42.6 Å². The molecule has 3 rings (SSSR count). The molecule has 2 aromatic carbocycles. The number of fused-ring (bicyclic) bond motifs is 1. The molecule has 0 bridgehead atoms. The van der Waals surface area contributed by atoms with Crippen LogP contribution >= 0.6 is 0 Å². The van der Waals surface area contributed by atoms with Crippen LogP contribution in [0, 0.1) is 5.82 Å². The summed E-state index contributed by atoms with van der Waals surface area (Å²) in [5.41, 5.74) is 8.44. The number of amides is 1. The lowest BCUT2D eigenvalue weighted by molar-refractivity contribution is -0.137. The van der Waals surface area contributed by atoms with E-state index in [9.17, 15) is 22.4 Å². The Morgan fingerprint density at radius 2 is 1.81 bits per heavy atom. The maximum atomic E-state index is 13.3. The largest absolute Gasteiger partial charge is 0.667 e. The second kappa shape index (κ2) is 7.32. The van der Waals surface area contributed by atoms with Crippen molar-refractivity contribution in [2.75, 3.05) is 5.32 Å². The maximum absolute atomic E-state index is 13.3. The van der Waals surface area contributed by atoms with Crippen LogP contribution in [0.3, 0.4) is 0 Å². The van der Waals surface area contributed by atoms with E-state index >= 15 is 0 Å². The van der Waals surface area contributed by atoms with Crippen molar-refractivity contribution < 1.29 is 22.4 Å². The monoisotopic (exact) mass is 376 g/mol. The topological polar surface area (TPSA) is 65.8 Å². The number of halogens is 4. The van der Waals surface area contributed by atoms with Crippen LogP contribution in [-0.4, -0.2) is 16.9 Å². The number of aromatic nitrogens is 1. The van der Waals surface area contributed by atoms with Crippen LogP contribution in [0.15, 0.2) is 54.7 Å². The number of pyridine rings is 1. The number of alkyl halides is 3. The van der Waals surface area contributed by atoms with Crippen LogP contribution in [0.4, 0.5) is 23.2 Å². The van der Waals surface area contributed by atoms with Gasteiger partial charge in [0.25, 0.3) is 0 Å². The van der Waals surface area contributed by atoms with Crippen LogP contribution in [0.25, 0.3) is 16.6 Å². The molecule has 0 radical (unpaired) electrons. The summed E-state index contributed by atoms with van der Waals surface area (Å²) < 4.78 is 51.0. The summed E-state index contributed by atoms with van der Waals surface area (Å²) in [5, 5.41) is 3.02. The molecule has 0 aliphatic heterocycles. The molecule has 1 atom stereocenters. The molecule has 8 heteroatoms. The van der Waals surface area contributed by atoms with Crippen molar-refractivity contribution in [1.82, 2.24) is 4.98 Å². The lowest BCUT2D eigenvalue weighted by Crippen LogP contribution is -2.26. The van der Waals surface area contributed by atoms with Gasteiger partial charge in [-0.2, -0.15) is 13.2 Å². The van der Waals surface area contributed by atoms with E-state index in [0.29, 0.717) is 22.2 Å². The summed E-state index contributed by atoms with van der Waals surface area (Å²) in [5.74, 6) is -1.07. The Morgan fingerprint density at radius 3 is 2.48 bits per heavy atom. The van der Waals surface area contributed by atoms with Crippen molar-refractivity contribution in [2.24, 2.45) is 0 Å². The molecule has 140 valence electrons. The van der Waals surface area contributed by atoms with Crippen LogP contribution < -0.4 is 5.32 Å². The molecule has 0 saturated heterocycles. The molecule has 0 aliphatic rings. The average Bonchev–Trinajstić information content (AvgIpc) is 2.61. The summed E-state index contributed by atoms with van der Waals surface area (Å²) >= 11 is 0. The first kappa shape index (κ1) is 18.8. The van der Waals surface area contributed by atoms with Crippen LogP contribution in [-0.2, 0) is 17.4 Å². The molecule has 0 fully saturated rings. The fourth-order valence-electron chi connectivity index (χ4n) is 2.56. The fourth-order valence-corrected chi connectivity index (χ4v) is 2.56. The Morgan fingerprint density at radius 1 is 1.11 bits per heavy atom. The van der Waals surface area contributed by atoms with Gasteiger partial charge in [0.05, 0.1) is 23.0 Å². The number of rotatable bonds is 4. The minimum Gasteiger partial charge on any atom is -0.667 e. The Kier molecular flexibility index (Phi) is 5.09. The summed E-state index contributed by atoms with van der Waals surface area (Å²) in [7, 11) is 0. The zero-order valence-corrected chi connectivity index (χ0v) is 13.8. The molecule has 0 spiro atoms. The van der Waals surface area contributed by atoms with Gasteiger partial charge in [0.2, 0.25) is 5.91 Å². The van der Waals surface area contributed by atoms with Gasteiger partial charge < -0.3 is 11.1 Å². The molecule has 27 heavy (non-hydrogen) atoms. The first-order chi connectivity index (χ1) is 12.7. The van der Waals surface area contributed by atoms with Gasteiger partial charge >= 0.3 is 6.18 Å². The smallest absolute Gasteiger partial charge is 0.416 e. The number of hydrogen-bond acceptors (Lipinski definition) is 2. The second-order valence-electron chi connectivity index (χ2n) is 6.00. The Hall–Kier alpha value is -3.00. The lowest BCUT2D eigenvalue weighted by Gasteiger charge is -2.20. The van der Waals surface area contributed by atoms with E-state index in [-0.39, 0.29) is 6.42 Å². The van der Waals surface area contributed by atoms with E-state index in [0.717, 1.165) is 12.1 Å². The van der Waals surface area contributed by atoms with E-state index in [2.05, 4.69) is 10.3 Å². The van der Waals surface area contributed by atoms with Gasteiger partial charge in [-0.15, -0.1) is 0 Å². The van der Waals surface area contributed by atoms with Crippen molar-refractivity contribution in [3.05, 3.63) is 77.4 Å². The van der Waals surface area contributed by atoms with E-state index in [1.54, 1.807) is 0 Å². The predicted octanol–water partition coefficient (Wildman–Crippen LogP) is 4.99. The van der Waals surface area contributed by atoms with Gasteiger partial charge in [0.1, 0.15) is 5.82 Å². The minimum atomic E-state index is -4.43. The number of hydrogen-bond donors (Lipinski definition) is 1. The van der Waals surface area contributed by atoms with Gasteiger partial charge in [-0.1, -0.05) is 18.2 Å². The van der Waals surface area contributed by atoms with Gasteiger partial charge in [0.15, 0.2) is 0 Å². The molecule has 1 amide bonds. The van der Waals surface area contributed by atoms with Crippen molar-refractivity contribution in [3.63, 3.8) is 0 Å². The fraction of sp³-hybridized carbons (Fsp3) is 0.158. The number of carbonyl (C=O) groups is 1. The number of benzene rings is 2. The molecule has 4 nitrogen and oxygen atoms in total. The molecule has 3 aromatic rings. The molecular formula is C19H14F4N3O-. The highest BCUT2D eigenvalue weighted by molar-refractivity contribution is 5.97. The SMILES string of the molecule is [NH-][C@H](Cc1ccc(C(F)(F)F)cc1)C(=O)Nc1cnc2ccc(F)cc2c1. The predicted molar refractivity (Wildman–Crippen MR) is 93.6 cm³/mol. The van der Waals surface area contributed by atoms with Crippen LogP contribution in [0.5, 0.6) is 0 Å². The normalized spacial score (nSPS) is 12.8. The molecule has 1 aromatic heterocycles. The minimum absolute atomic E-state index is 0.0421. The number of carbonyl (C=O) groups excluding carboxylic acids is 1. The van der Waals surface area contributed by atoms with E-state index < -0.39 is 29.5 Å². The number of nitrogens with one attached hydrogen (secondary N) is 2. The van der Waals surface area contributed by atoms with E-state index in [1.807, 2.05) is 0 Å². The van der Waals surface area contributed by atoms with Gasteiger partial charge in [-0.05, 0) is 48.4 Å². The maximum Gasteiger partial charge on any atom is 0.416 e. The molecular weight excluding hydrogens is 362 g/mol.